The van der Waals surface area contributed by atoms with Gasteiger partial charge >= 0.3 is 0 Å². The second-order valence-electron chi connectivity index (χ2n) is 2.52. The maximum Gasteiger partial charge on any atom is 0.137 e. The van der Waals surface area contributed by atoms with Crippen molar-refractivity contribution >= 4 is 32.7 Å². The maximum atomic E-state index is 5.70. The van der Waals surface area contributed by atoms with Crippen LogP contribution >= 0.6 is 15.9 Å². The number of hydrogen-bond donors (Lipinski definition) is 1. The van der Waals surface area contributed by atoms with Gasteiger partial charge in [0.15, 0.2) is 0 Å². The minimum absolute atomic E-state index is 0.654. The SMILES string of the molecule is Cn1nc2c(N)ccc(Br)c2n1. The zero-order chi connectivity index (χ0) is 8.72. The number of benzene rings is 1. The molecule has 0 unspecified atom stereocenters. The van der Waals surface area contributed by atoms with Crippen molar-refractivity contribution in [2.24, 2.45) is 7.05 Å². The maximum absolute atomic E-state index is 5.70. The molecule has 5 heteroatoms. The van der Waals surface area contributed by atoms with E-state index in [2.05, 4.69) is 26.1 Å². The smallest absolute Gasteiger partial charge is 0.137 e. The van der Waals surface area contributed by atoms with E-state index in [-0.39, 0.29) is 0 Å². The standard InChI is InChI=1S/C7H7BrN4/c1-12-10-6-4(8)2-3-5(9)7(6)11-12/h2-3H,9H2,1H3. The van der Waals surface area contributed by atoms with Gasteiger partial charge in [-0.05, 0) is 28.1 Å². The Morgan fingerprint density at radius 2 is 2.00 bits per heavy atom. The summed E-state index contributed by atoms with van der Waals surface area (Å²) < 4.78 is 0.916. The highest BCUT2D eigenvalue weighted by atomic mass is 79.9. The zero-order valence-electron chi connectivity index (χ0n) is 6.45. The topological polar surface area (TPSA) is 56.7 Å². The van der Waals surface area contributed by atoms with Gasteiger partial charge < -0.3 is 5.73 Å². The lowest BCUT2D eigenvalue weighted by molar-refractivity contribution is 0.665. The number of rotatable bonds is 0. The Balaban J connectivity index is 2.93. The third-order valence-corrected chi connectivity index (χ3v) is 2.26. The zero-order valence-corrected chi connectivity index (χ0v) is 8.04. The fourth-order valence-electron chi connectivity index (χ4n) is 1.08. The van der Waals surface area contributed by atoms with Gasteiger partial charge in [-0.2, -0.15) is 15.0 Å². The first kappa shape index (κ1) is 7.54. The van der Waals surface area contributed by atoms with Crippen molar-refractivity contribution in [1.82, 2.24) is 15.0 Å². The Bertz CT molecular complexity index is 395. The minimum atomic E-state index is 0.654. The summed E-state index contributed by atoms with van der Waals surface area (Å²) in [7, 11) is 1.77. The molecule has 0 spiro atoms. The van der Waals surface area contributed by atoms with Crippen molar-refractivity contribution in [2.75, 3.05) is 5.73 Å². The van der Waals surface area contributed by atoms with E-state index in [1.165, 1.54) is 4.80 Å². The number of anilines is 1. The molecule has 1 heterocycles. The fourth-order valence-corrected chi connectivity index (χ4v) is 1.48. The minimum Gasteiger partial charge on any atom is -0.397 e. The van der Waals surface area contributed by atoms with Crippen molar-refractivity contribution < 1.29 is 0 Å². The lowest BCUT2D eigenvalue weighted by atomic mass is 10.3. The molecule has 0 saturated heterocycles. The van der Waals surface area contributed by atoms with E-state index in [1.54, 1.807) is 13.1 Å². The lowest BCUT2D eigenvalue weighted by Gasteiger charge is -1.93. The van der Waals surface area contributed by atoms with E-state index < -0.39 is 0 Å². The average Bonchev–Trinajstić information content (AvgIpc) is 2.41. The van der Waals surface area contributed by atoms with Gasteiger partial charge in [-0.15, -0.1) is 0 Å². The predicted octanol–water partition coefficient (Wildman–Crippen LogP) is 1.31. The molecule has 0 aliphatic carbocycles. The number of nitrogen functional groups attached to an aromatic ring is 1. The first-order valence-corrected chi connectivity index (χ1v) is 4.23. The fraction of sp³-hybridized carbons (Fsp3) is 0.143. The van der Waals surface area contributed by atoms with Gasteiger partial charge in [0, 0.05) is 11.5 Å². The summed E-state index contributed by atoms with van der Waals surface area (Å²) in [6.07, 6.45) is 0. The van der Waals surface area contributed by atoms with Gasteiger partial charge in [-0.25, -0.2) is 0 Å². The van der Waals surface area contributed by atoms with Gasteiger partial charge in [-0.3, -0.25) is 0 Å². The van der Waals surface area contributed by atoms with Crippen LogP contribution in [0.3, 0.4) is 0 Å². The van der Waals surface area contributed by atoms with Crippen LogP contribution in [0.2, 0.25) is 0 Å². The van der Waals surface area contributed by atoms with Gasteiger partial charge in [0.2, 0.25) is 0 Å². The van der Waals surface area contributed by atoms with Crippen molar-refractivity contribution in [3.63, 3.8) is 0 Å². The molecule has 2 aromatic rings. The molecule has 0 amide bonds. The van der Waals surface area contributed by atoms with Crippen LogP contribution < -0.4 is 5.73 Å². The van der Waals surface area contributed by atoms with Crippen LogP contribution in [0.4, 0.5) is 5.69 Å². The Morgan fingerprint density at radius 3 is 2.67 bits per heavy atom. The Kier molecular flexibility index (Phi) is 1.54. The second kappa shape index (κ2) is 2.45. The number of hydrogen-bond acceptors (Lipinski definition) is 3. The predicted molar refractivity (Wildman–Crippen MR) is 50.6 cm³/mol. The van der Waals surface area contributed by atoms with Crippen molar-refractivity contribution in [3.8, 4) is 0 Å². The molecule has 2 N–H and O–H groups in total. The number of nitrogens with zero attached hydrogens (tertiary/aromatic N) is 3. The molecule has 4 nitrogen and oxygen atoms in total. The van der Waals surface area contributed by atoms with Crippen LogP contribution in [-0.4, -0.2) is 15.0 Å². The molecule has 0 aliphatic heterocycles. The Morgan fingerprint density at radius 1 is 1.33 bits per heavy atom. The highest BCUT2D eigenvalue weighted by Crippen LogP contribution is 2.24. The second-order valence-corrected chi connectivity index (χ2v) is 3.38. The Hall–Kier alpha value is -1.10. The average molecular weight is 227 g/mol. The molecule has 0 fully saturated rings. The first-order chi connectivity index (χ1) is 5.68. The van der Waals surface area contributed by atoms with E-state index in [0.717, 1.165) is 15.5 Å². The first-order valence-electron chi connectivity index (χ1n) is 3.43. The van der Waals surface area contributed by atoms with Gasteiger partial charge in [0.25, 0.3) is 0 Å². The number of aryl methyl sites for hydroxylation is 1. The van der Waals surface area contributed by atoms with Gasteiger partial charge in [0.05, 0.1) is 5.69 Å². The molecule has 12 heavy (non-hydrogen) atoms. The van der Waals surface area contributed by atoms with Crippen molar-refractivity contribution in [2.45, 2.75) is 0 Å². The largest absolute Gasteiger partial charge is 0.397 e. The van der Waals surface area contributed by atoms with E-state index in [9.17, 15) is 0 Å². The third kappa shape index (κ3) is 0.972. The summed E-state index contributed by atoms with van der Waals surface area (Å²) in [6, 6.07) is 3.67. The summed E-state index contributed by atoms with van der Waals surface area (Å²) in [5.74, 6) is 0. The number of nitrogens with two attached hydrogens (primary N) is 1. The highest BCUT2D eigenvalue weighted by molar-refractivity contribution is 9.10. The number of aromatic nitrogens is 3. The van der Waals surface area contributed by atoms with Crippen LogP contribution in [0.5, 0.6) is 0 Å². The van der Waals surface area contributed by atoms with Crippen LogP contribution in [-0.2, 0) is 7.05 Å². The summed E-state index contributed by atoms with van der Waals surface area (Å²) in [5.41, 5.74) is 7.90. The van der Waals surface area contributed by atoms with Gasteiger partial charge in [0.1, 0.15) is 11.0 Å². The molecule has 1 aromatic heterocycles. The Labute approximate surface area is 77.5 Å². The summed E-state index contributed by atoms with van der Waals surface area (Å²) in [5, 5.41) is 8.28. The molecule has 2 rings (SSSR count). The highest BCUT2D eigenvalue weighted by Gasteiger charge is 2.06. The van der Waals surface area contributed by atoms with E-state index in [0.29, 0.717) is 5.69 Å². The van der Waals surface area contributed by atoms with Crippen LogP contribution in [0.25, 0.3) is 11.0 Å². The molecule has 62 valence electrons. The number of halogens is 1. The molecule has 0 saturated carbocycles. The van der Waals surface area contributed by atoms with E-state index in [1.807, 2.05) is 6.07 Å². The lowest BCUT2D eigenvalue weighted by Crippen LogP contribution is -1.91. The quantitative estimate of drug-likeness (QED) is 0.690. The molecular weight excluding hydrogens is 220 g/mol. The summed E-state index contributed by atoms with van der Waals surface area (Å²) >= 11 is 3.37. The number of fused-ring (bicyclic) bond motifs is 1. The van der Waals surface area contributed by atoms with Crippen LogP contribution in [0, 0.1) is 0 Å². The van der Waals surface area contributed by atoms with Crippen molar-refractivity contribution in [1.29, 1.82) is 0 Å². The third-order valence-electron chi connectivity index (χ3n) is 1.62. The monoisotopic (exact) mass is 226 g/mol. The van der Waals surface area contributed by atoms with Crippen molar-refractivity contribution in [3.05, 3.63) is 16.6 Å². The molecule has 0 radical (unpaired) electrons. The van der Waals surface area contributed by atoms with E-state index >= 15 is 0 Å². The molecular formula is C7H7BrN4. The van der Waals surface area contributed by atoms with Crippen LogP contribution in [0.15, 0.2) is 16.6 Å². The molecule has 0 atom stereocenters. The summed E-state index contributed by atoms with van der Waals surface area (Å²) in [4.78, 5) is 1.51. The molecule has 0 bridgehead atoms. The van der Waals surface area contributed by atoms with E-state index in [4.69, 9.17) is 5.73 Å². The summed E-state index contributed by atoms with van der Waals surface area (Å²) in [6.45, 7) is 0. The van der Waals surface area contributed by atoms with Crippen LogP contribution in [0.1, 0.15) is 0 Å². The van der Waals surface area contributed by atoms with Gasteiger partial charge in [-0.1, -0.05) is 0 Å². The molecule has 0 aliphatic rings. The normalized spacial score (nSPS) is 10.8. The molecule has 1 aromatic carbocycles.